The molecule has 0 aromatic heterocycles. The van der Waals surface area contributed by atoms with Crippen molar-refractivity contribution in [2.45, 2.75) is 6.42 Å². The zero-order chi connectivity index (χ0) is 14.2. The van der Waals surface area contributed by atoms with Gasteiger partial charge < -0.3 is 9.47 Å². The molecule has 4 heteroatoms. The molecule has 0 N–H and O–H groups in total. The van der Waals surface area contributed by atoms with Gasteiger partial charge in [0.05, 0.1) is 13.2 Å². The molecule has 0 atom stereocenters. The topological polar surface area (TPSA) is 35.5 Å². The predicted octanol–water partition coefficient (Wildman–Crippen LogP) is 3.49. The second-order valence-corrected chi connectivity index (χ2v) is 4.17. The number of carbonyl (C=O) groups is 1. The van der Waals surface area contributed by atoms with Gasteiger partial charge in [0.25, 0.3) is 0 Å². The minimum atomic E-state index is -0.529. The summed E-state index contributed by atoms with van der Waals surface area (Å²) in [6.07, 6.45) is 1.24. The van der Waals surface area contributed by atoms with Crippen LogP contribution in [0.1, 0.15) is 16.8 Å². The maximum atomic E-state index is 13.5. The molecule has 0 saturated heterocycles. The maximum Gasteiger partial charge on any atom is 0.165 e. The summed E-state index contributed by atoms with van der Waals surface area (Å²) < 4.78 is 24.3. The van der Waals surface area contributed by atoms with Gasteiger partial charge in [0.1, 0.15) is 12.0 Å². The summed E-state index contributed by atoms with van der Waals surface area (Å²) in [6, 6.07) is 13.6. The van der Waals surface area contributed by atoms with Crippen LogP contribution in [0.4, 0.5) is 4.39 Å². The van der Waals surface area contributed by atoms with E-state index in [4.69, 9.17) is 9.47 Å². The van der Waals surface area contributed by atoms with Gasteiger partial charge in [-0.2, -0.15) is 0 Å². The molecule has 0 aliphatic rings. The van der Waals surface area contributed by atoms with Crippen LogP contribution in [0.25, 0.3) is 0 Å². The van der Waals surface area contributed by atoms with E-state index in [1.54, 1.807) is 0 Å². The van der Waals surface area contributed by atoms with Crippen LogP contribution in [-0.4, -0.2) is 19.5 Å². The molecule has 0 amide bonds. The summed E-state index contributed by atoms with van der Waals surface area (Å²) in [5, 5.41) is 0. The highest BCUT2D eigenvalue weighted by atomic mass is 19.1. The third kappa shape index (κ3) is 4.09. The molecule has 2 rings (SSSR count). The van der Waals surface area contributed by atoms with Gasteiger partial charge in [-0.25, -0.2) is 4.39 Å². The quantitative estimate of drug-likeness (QED) is 0.572. The number of aldehydes is 1. The van der Waals surface area contributed by atoms with Crippen LogP contribution in [0.2, 0.25) is 0 Å². The lowest BCUT2D eigenvalue weighted by molar-refractivity contribution is 0.112. The van der Waals surface area contributed by atoms with Crippen LogP contribution in [0, 0.1) is 5.82 Å². The van der Waals surface area contributed by atoms with Gasteiger partial charge >= 0.3 is 0 Å². The lowest BCUT2D eigenvalue weighted by Crippen LogP contribution is -2.05. The summed E-state index contributed by atoms with van der Waals surface area (Å²) in [4.78, 5) is 10.5. The molecule has 0 bridgehead atoms. The number of hydrogen-bond donors (Lipinski definition) is 0. The number of benzene rings is 2. The van der Waals surface area contributed by atoms with Crippen LogP contribution in [-0.2, 0) is 0 Å². The van der Waals surface area contributed by atoms with E-state index in [-0.39, 0.29) is 5.75 Å². The average molecular weight is 274 g/mol. The van der Waals surface area contributed by atoms with Gasteiger partial charge in [-0.05, 0) is 30.3 Å². The van der Waals surface area contributed by atoms with Crippen molar-refractivity contribution in [3.05, 3.63) is 59.9 Å². The lowest BCUT2D eigenvalue weighted by atomic mass is 10.2. The SMILES string of the molecule is O=Cc1ccc(OCCCOc2ccccc2)c(F)c1. The minimum absolute atomic E-state index is 0.148. The molecule has 0 aliphatic carbocycles. The van der Waals surface area contributed by atoms with Crippen LogP contribution in [0.3, 0.4) is 0 Å². The van der Waals surface area contributed by atoms with Gasteiger partial charge in [0, 0.05) is 12.0 Å². The van der Waals surface area contributed by atoms with Crippen LogP contribution in [0.5, 0.6) is 11.5 Å². The molecule has 104 valence electrons. The Labute approximate surface area is 117 Å². The first-order valence-corrected chi connectivity index (χ1v) is 6.35. The van der Waals surface area contributed by atoms with E-state index in [0.29, 0.717) is 31.5 Å². The van der Waals surface area contributed by atoms with Crippen molar-refractivity contribution in [2.24, 2.45) is 0 Å². The van der Waals surface area contributed by atoms with E-state index in [2.05, 4.69) is 0 Å². The Bertz CT molecular complexity index is 555. The molecule has 3 nitrogen and oxygen atoms in total. The van der Waals surface area contributed by atoms with E-state index in [9.17, 15) is 9.18 Å². The molecule has 0 aliphatic heterocycles. The molecule has 2 aromatic carbocycles. The van der Waals surface area contributed by atoms with Crippen molar-refractivity contribution >= 4 is 6.29 Å². The number of rotatable bonds is 7. The second kappa shape index (κ2) is 7.28. The number of hydrogen-bond acceptors (Lipinski definition) is 3. The summed E-state index contributed by atoms with van der Waals surface area (Å²) in [6.45, 7) is 0.849. The Kier molecular flexibility index (Phi) is 5.12. The number of ether oxygens (including phenoxy) is 2. The highest BCUT2D eigenvalue weighted by Gasteiger charge is 2.04. The fourth-order valence-electron chi connectivity index (χ4n) is 1.66. The van der Waals surface area contributed by atoms with Crippen molar-refractivity contribution in [1.29, 1.82) is 0 Å². The normalized spacial score (nSPS) is 10.1. The van der Waals surface area contributed by atoms with E-state index in [1.807, 2.05) is 30.3 Å². The van der Waals surface area contributed by atoms with Crippen LogP contribution < -0.4 is 9.47 Å². The van der Waals surface area contributed by atoms with Crippen molar-refractivity contribution in [1.82, 2.24) is 0 Å². The molecule has 2 aromatic rings. The van der Waals surface area contributed by atoms with Gasteiger partial charge in [0.2, 0.25) is 0 Å². The number of halogens is 1. The van der Waals surface area contributed by atoms with E-state index < -0.39 is 5.82 Å². The molecule has 0 unspecified atom stereocenters. The summed E-state index contributed by atoms with van der Waals surface area (Å²) >= 11 is 0. The largest absolute Gasteiger partial charge is 0.493 e. The highest BCUT2D eigenvalue weighted by molar-refractivity contribution is 5.74. The fourth-order valence-corrected chi connectivity index (χ4v) is 1.66. The average Bonchev–Trinajstić information content (AvgIpc) is 2.49. The van der Waals surface area contributed by atoms with E-state index in [0.717, 1.165) is 11.8 Å². The lowest BCUT2D eigenvalue weighted by Gasteiger charge is -2.08. The molecular formula is C16H15FO3. The molecule has 0 radical (unpaired) electrons. The first-order chi connectivity index (χ1) is 9.79. The molecule has 20 heavy (non-hydrogen) atoms. The third-order valence-electron chi connectivity index (χ3n) is 2.65. The molecule has 0 heterocycles. The number of carbonyl (C=O) groups excluding carboxylic acids is 1. The van der Waals surface area contributed by atoms with Gasteiger partial charge in [0.15, 0.2) is 11.6 Å². The maximum absolute atomic E-state index is 13.5. The fraction of sp³-hybridized carbons (Fsp3) is 0.188. The zero-order valence-corrected chi connectivity index (χ0v) is 10.9. The molecule has 0 spiro atoms. The predicted molar refractivity (Wildman–Crippen MR) is 73.8 cm³/mol. The van der Waals surface area contributed by atoms with Gasteiger partial charge in [-0.1, -0.05) is 18.2 Å². The Morgan fingerprint density at radius 2 is 1.75 bits per heavy atom. The minimum Gasteiger partial charge on any atom is -0.493 e. The molecular weight excluding hydrogens is 259 g/mol. The van der Waals surface area contributed by atoms with Crippen molar-refractivity contribution in [3.8, 4) is 11.5 Å². The first kappa shape index (κ1) is 14.1. The molecule has 0 fully saturated rings. The first-order valence-electron chi connectivity index (χ1n) is 6.35. The Balaban J connectivity index is 1.72. The second-order valence-electron chi connectivity index (χ2n) is 4.17. The van der Waals surface area contributed by atoms with Gasteiger partial charge in [-0.15, -0.1) is 0 Å². The van der Waals surface area contributed by atoms with Gasteiger partial charge in [-0.3, -0.25) is 4.79 Å². The third-order valence-corrected chi connectivity index (χ3v) is 2.65. The van der Waals surface area contributed by atoms with Crippen molar-refractivity contribution in [3.63, 3.8) is 0 Å². The standard InChI is InChI=1S/C16H15FO3/c17-15-11-13(12-18)7-8-16(15)20-10-4-9-19-14-5-2-1-3-6-14/h1-3,5-8,11-12H,4,9-10H2. The Morgan fingerprint density at radius 3 is 2.45 bits per heavy atom. The Morgan fingerprint density at radius 1 is 1.00 bits per heavy atom. The van der Waals surface area contributed by atoms with Crippen molar-refractivity contribution < 1.29 is 18.7 Å². The monoisotopic (exact) mass is 274 g/mol. The number of para-hydroxylation sites is 1. The van der Waals surface area contributed by atoms with E-state index >= 15 is 0 Å². The van der Waals surface area contributed by atoms with Crippen LogP contribution >= 0.6 is 0 Å². The molecule has 0 saturated carbocycles. The summed E-state index contributed by atoms with van der Waals surface area (Å²) in [7, 11) is 0. The van der Waals surface area contributed by atoms with E-state index in [1.165, 1.54) is 12.1 Å². The highest BCUT2D eigenvalue weighted by Crippen LogP contribution is 2.17. The zero-order valence-electron chi connectivity index (χ0n) is 10.9. The van der Waals surface area contributed by atoms with Crippen molar-refractivity contribution in [2.75, 3.05) is 13.2 Å². The smallest absolute Gasteiger partial charge is 0.165 e. The summed E-state index contributed by atoms with van der Waals surface area (Å²) in [5.74, 6) is 0.419. The Hall–Kier alpha value is -2.36. The van der Waals surface area contributed by atoms with Crippen LogP contribution in [0.15, 0.2) is 48.5 Å². The summed E-state index contributed by atoms with van der Waals surface area (Å²) in [5.41, 5.74) is 0.294.